The Bertz CT molecular complexity index is 728. The lowest BCUT2D eigenvalue weighted by Gasteiger charge is -2.37. The first-order chi connectivity index (χ1) is 11.7. The molecular formula is C17H19N3O4. The molecule has 1 spiro atoms. The number of hydrogen-bond donors (Lipinski definition) is 1. The van der Waals surface area contributed by atoms with Crippen LogP contribution in [0.3, 0.4) is 0 Å². The maximum Gasteiger partial charge on any atom is 0.273 e. The van der Waals surface area contributed by atoms with E-state index in [9.17, 15) is 4.79 Å². The molecular weight excluding hydrogens is 310 g/mol. The highest BCUT2D eigenvalue weighted by Gasteiger charge is 2.41. The predicted molar refractivity (Wildman–Crippen MR) is 86.5 cm³/mol. The highest BCUT2D eigenvalue weighted by atomic mass is 16.7. The van der Waals surface area contributed by atoms with Gasteiger partial charge in [-0.1, -0.05) is 18.2 Å². The summed E-state index contributed by atoms with van der Waals surface area (Å²) in [6.07, 6.45) is 1.43. The molecule has 2 aromatic rings. The quantitative estimate of drug-likeness (QED) is 0.923. The van der Waals surface area contributed by atoms with Crippen LogP contribution in [-0.2, 0) is 9.47 Å². The van der Waals surface area contributed by atoms with E-state index in [1.54, 1.807) is 0 Å². The molecule has 2 aliphatic heterocycles. The van der Waals surface area contributed by atoms with Crippen LogP contribution in [0, 0.1) is 0 Å². The number of nitrogens with two attached hydrogens (primary N) is 1. The van der Waals surface area contributed by atoms with Crippen molar-refractivity contribution in [3.8, 4) is 11.5 Å². The van der Waals surface area contributed by atoms with Gasteiger partial charge in [-0.3, -0.25) is 4.79 Å². The van der Waals surface area contributed by atoms with Gasteiger partial charge in [0.1, 0.15) is 0 Å². The van der Waals surface area contributed by atoms with Crippen LogP contribution in [0.5, 0.6) is 0 Å². The summed E-state index contributed by atoms with van der Waals surface area (Å²) in [6, 6.07) is 9.46. The molecule has 0 bridgehead atoms. The van der Waals surface area contributed by atoms with Gasteiger partial charge in [-0.15, -0.1) is 0 Å². The number of hydrogen-bond acceptors (Lipinski definition) is 6. The van der Waals surface area contributed by atoms with E-state index in [-0.39, 0.29) is 5.69 Å². The van der Waals surface area contributed by atoms with Gasteiger partial charge in [0, 0.05) is 31.5 Å². The Labute approximate surface area is 139 Å². The Morgan fingerprint density at radius 1 is 1.12 bits per heavy atom. The van der Waals surface area contributed by atoms with E-state index in [1.165, 1.54) is 0 Å². The van der Waals surface area contributed by atoms with Crippen LogP contribution < -0.4 is 10.6 Å². The summed E-state index contributed by atoms with van der Waals surface area (Å²) in [7, 11) is 0. The van der Waals surface area contributed by atoms with Gasteiger partial charge in [-0.2, -0.15) is 0 Å². The smallest absolute Gasteiger partial charge is 0.273 e. The number of amides is 1. The van der Waals surface area contributed by atoms with Crippen LogP contribution in [0.4, 0.5) is 5.88 Å². The summed E-state index contributed by atoms with van der Waals surface area (Å²) in [4.78, 5) is 18.1. The van der Waals surface area contributed by atoms with Crippen molar-refractivity contribution in [1.29, 1.82) is 0 Å². The third-order valence-corrected chi connectivity index (χ3v) is 4.49. The largest absolute Gasteiger partial charge is 0.420 e. The fourth-order valence-electron chi connectivity index (χ4n) is 3.23. The minimum atomic E-state index is -0.593. The van der Waals surface area contributed by atoms with E-state index in [1.807, 2.05) is 35.2 Å². The molecule has 1 amide bonds. The lowest BCUT2D eigenvalue weighted by Crippen LogP contribution is -2.45. The van der Waals surface area contributed by atoms with Gasteiger partial charge in [0.25, 0.3) is 5.91 Å². The number of oxazole rings is 1. The minimum Gasteiger partial charge on any atom is -0.420 e. The van der Waals surface area contributed by atoms with Crippen molar-refractivity contribution in [2.24, 2.45) is 5.73 Å². The Morgan fingerprint density at radius 2 is 1.79 bits per heavy atom. The Balaban J connectivity index is 1.60. The summed E-state index contributed by atoms with van der Waals surface area (Å²) < 4.78 is 17.3. The molecule has 3 heterocycles. The molecule has 1 aromatic carbocycles. The SMILES string of the molecule is NC(=O)c1nc(-c2ccccc2)oc1N1CCC2(CC1)OCCO2. The van der Waals surface area contributed by atoms with Crippen LogP contribution in [-0.4, -0.2) is 43.0 Å². The van der Waals surface area contributed by atoms with Crippen molar-refractivity contribution in [3.63, 3.8) is 0 Å². The number of piperidine rings is 1. The molecule has 0 saturated carbocycles. The third-order valence-electron chi connectivity index (χ3n) is 4.49. The van der Waals surface area contributed by atoms with Crippen molar-refractivity contribution in [3.05, 3.63) is 36.0 Å². The first-order valence-electron chi connectivity index (χ1n) is 8.06. The second-order valence-corrected chi connectivity index (χ2v) is 6.00. The Kier molecular flexibility index (Phi) is 3.74. The number of ether oxygens (including phenoxy) is 2. The maximum atomic E-state index is 11.8. The highest BCUT2D eigenvalue weighted by molar-refractivity contribution is 5.96. The van der Waals surface area contributed by atoms with Gasteiger partial charge in [0.05, 0.1) is 13.2 Å². The van der Waals surface area contributed by atoms with Crippen molar-refractivity contribution in [1.82, 2.24) is 4.98 Å². The maximum absolute atomic E-state index is 11.8. The first kappa shape index (κ1) is 15.2. The summed E-state index contributed by atoms with van der Waals surface area (Å²) in [5.41, 5.74) is 6.46. The van der Waals surface area contributed by atoms with E-state index in [0.29, 0.717) is 50.9 Å². The average molecular weight is 329 g/mol. The van der Waals surface area contributed by atoms with Crippen LogP contribution in [0.2, 0.25) is 0 Å². The fraction of sp³-hybridized carbons (Fsp3) is 0.412. The normalized spacial score (nSPS) is 19.8. The van der Waals surface area contributed by atoms with Gasteiger partial charge in [-0.25, -0.2) is 4.98 Å². The summed E-state index contributed by atoms with van der Waals surface area (Å²) in [5.74, 6) is -0.252. The summed E-state index contributed by atoms with van der Waals surface area (Å²) in [6.45, 7) is 2.58. The monoisotopic (exact) mass is 329 g/mol. The first-order valence-corrected chi connectivity index (χ1v) is 8.06. The standard InChI is InChI=1S/C17H19N3O4/c18-14(21)13-16(24-15(19-13)12-4-2-1-3-5-12)20-8-6-17(7-9-20)22-10-11-23-17/h1-5H,6-11H2,(H2,18,21). The number of aromatic nitrogens is 1. The van der Waals surface area contributed by atoms with E-state index >= 15 is 0 Å². The van der Waals surface area contributed by atoms with E-state index < -0.39 is 11.7 Å². The van der Waals surface area contributed by atoms with E-state index in [0.717, 1.165) is 5.56 Å². The number of anilines is 1. The zero-order valence-corrected chi connectivity index (χ0v) is 13.2. The average Bonchev–Trinajstić information content (AvgIpc) is 3.24. The molecule has 4 rings (SSSR count). The van der Waals surface area contributed by atoms with Crippen LogP contribution in [0.15, 0.2) is 34.7 Å². The number of nitrogens with zero attached hydrogens (tertiary/aromatic N) is 2. The van der Waals surface area contributed by atoms with Crippen molar-refractivity contribution < 1.29 is 18.7 Å². The van der Waals surface area contributed by atoms with Gasteiger partial charge in [0.2, 0.25) is 11.8 Å². The van der Waals surface area contributed by atoms with Crippen molar-refractivity contribution in [2.45, 2.75) is 18.6 Å². The fourth-order valence-corrected chi connectivity index (χ4v) is 3.23. The second kappa shape index (κ2) is 5.92. The number of carbonyl (C=O) groups excluding carboxylic acids is 1. The molecule has 0 atom stereocenters. The number of carbonyl (C=O) groups is 1. The molecule has 7 nitrogen and oxygen atoms in total. The van der Waals surface area contributed by atoms with E-state index in [2.05, 4.69) is 4.98 Å². The highest BCUT2D eigenvalue weighted by Crippen LogP contribution is 2.35. The van der Waals surface area contributed by atoms with Gasteiger partial charge < -0.3 is 24.5 Å². The van der Waals surface area contributed by atoms with Crippen LogP contribution in [0.25, 0.3) is 11.5 Å². The Hall–Kier alpha value is -2.38. The Morgan fingerprint density at radius 3 is 2.42 bits per heavy atom. The zero-order chi connectivity index (χ0) is 16.6. The van der Waals surface area contributed by atoms with Gasteiger partial charge in [0.15, 0.2) is 11.5 Å². The van der Waals surface area contributed by atoms with Crippen molar-refractivity contribution in [2.75, 3.05) is 31.2 Å². The summed E-state index contributed by atoms with van der Waals surface area (Å²) in [5, 5.41) is 0. The number of rotatable bonds is 3. The molecule has 2 N–H and O–H groups in total. The lowest BCUT2D eigenvalue weighted by atomic mass is 10.0. The molecule has 0 radical (unpaired) electrons. The molecule has 7 heteroatoms. The van der Waals surface area contributed by atoms with Crippen LogP contribution in [0.1, 0.15) is 23.3 Å². The molecule has 0 aliphatic carbocycles. The van der Waals surface area contributed by atoms with Crippen LogP contribution >= 0.6 is 0 Å². The number of primary amides is 1. The molecule has 2 fully saturated rings. The third kappa shape index (κ3) is 2.65. The molecule has 126 valence electrons. The molecule has 2 saturated heterocycles. The molecule has 24 heavy (non-hydrogen) atoms. The van der Waals surface area contributed by atoms with Gasteiger partial charge in [-0.05, 0) is 12.1 Å². The van der Waals surface area contributed by atoms with Gasteiger partial charge >= 0.3 is 0 Å². The topological polar surface area (TPSA) is 90.8 Å². The minimum absolute atomic E-state index is 0.165. The summed E-state index contributed by atoms with van der Waals surface area (Å²) >= 11 is 0. The molecule has 2 aliphatic rings. The number of benzene rings is 1. The lowest BCUT2D eigenvalue weighted by molar-refractivity contribution is -0.169. The molecule has 1 aromatic heterocycles. The zero-order valence-electron chi connectivity index (χ0n) is 13.2. The predicted octanol–water partition coefficient (Wildman–Crippen LogP) is 1.78. The van der Waals surface area contributed by atoms with E-state index in [4.69, 9.17) is 19.6 Å². The molecule has 0 unspecified atom stereocenters. The second-order valence-electron chi connectivity index (χ2n) is 6.00. The van der Waals surface area contributed by atoms with Crippen molar-refractivity contribution >= 4 is 11.8 Å².